The highest BCUT2D eigenvalue weighted by Gasteiger charge is 2.49. The molecule has 1 aromatic carbocycles. The molecule has 0 aliphatic carbocycles. The standard InChI is InChI=1S/C14H21N2O3P/c1-4-19-20(18)14(11-8-6-5-7-9-11)15-13(17)12(16-20)10(2)3/h5-10,12,14H,4H2,1-3H3,(H,15,17)(H,16,18). The van der Waals surface area contributed by atoms with Gasteiger partial charge < -0.3 is 10.2 Å². The monoisotopic (exact) mass is 296 g/mol. The van der Waals surface area contributed by atoms with E-state index in [1.54, 1.807) is 6.92 Å². The van der Waals surface area contributed by atoms with Crippen LogP contribution in [0.15, 0.2) is 30.3 Å². The van der Waals surface area contributed by atoms with Gasteiger partial charge in [0, 0.05) is 5.56 Å². The van der Waals surface area contributed by atoms with Gasteiger partial charge in [-0.2, -0.15) is 5.09 Å². The SMILES string of the molecule is CCO[P+]1([O-])NC(C(C)C)C(=O)NC1c1ccccc1. The molecule has 0 aromatic heterocycles. The first-order valence-electron chi connectivity index (χ1n) is 6.85. The van der Waals surface area contributed by atoms with Crippen molar-refractivity contribution in [3.63, 3.8) is 0 Å². The molecule has 3 atom stereocenters. The number of hydrogen-bond donors (Lipinski definition) is 2. The number of amides is 1. The van der Waals surface area contributed by atoms with Crippen LogP contribution in [0.2, 0.25) is 0 Å². The van der Waals surface area contributed by atoms with E-state index in [-0.39, 0.29) is 11.8 Å². The van der Waals surface area contributed by atoms with Crippen molar-refractivity contribution < 1.29 is 14.2 Å². The molecule has 1 saturated heterocycles. The highest BCUT2D eigenvalue weighted by Crippen LogP contribution is 2.60. The predicted molar refractivity (Wildman–Crippen MR) is 77.6 cm³/mol. The minimum Gasteiger partial charge on any atom is -0.639 e. The molecular weight excluding hydrogens is 275 g/mol. The van der Waals surface area contributed by atoms with Crippen LogP contribution in [0.25, 0.3) is 0 Å². The average Bonchev–Trinajstić information content (AvgIpc) is 2.42. The molecule has 3 unspecified atom stereocenters. The van der Waals surface area contributed by atoms with Gasteiger partial charge in [0.05, 0.1) is 6.61 Å². The summed E-state index contributed by atoms with van der Waals surface area (Å²) >= 11 is 0. The Morgan fingerprint density at radius 3 is 2.55 bits per heavy atom. The number of nitrogens with one attached hydrogen (secondary N) is 2. The van der Waals surface area contributed by atoms with Crippen LogP contribution < -0.4 is 15.3 Å². The van der Waals surface area contributed by atoms with Crippen LogP contribution in [0.4, 0.5) is 0 Å². The number of carbonyl (C=O) groups excluding carboxylic acids is 1. The summed E-state index contributed by atoms with van der Waals surface area (Å²) in [5.41, 5.74) is 0.785. The number of hydrogen-bond acceptors (Lipinski definition) is 4. The Morgan fingerprint density at radius 1 is 1.35 bits per heavy atom. The lowest BCUT2D eigenvalue weighted by Gasteiger charge is -2.43. The van der Waals surface area contributed by atoms with Gasteiger partial charge in [0.2, 0.25) is 11.7 Å². The van der Waals surface area contributed by atoms with Gasteiger partial charge in [-0.05, 0) is 12.8 Å². The normalized spacial score (nSPS) is 30.4. The molecule has 1 aliphatic heterocycles. The number of carbonyl (C=O) groups is 1. The Hall–Kier alpha value is -1.00. The predicted octanol–water partition coefficient (Wildman–Crippen LogP) is 1.59. The fourth-order valence-electron chi connectivity index (χ4n) is 2.31. The van der Waals surface area contributed by atoms with Crippen molar-refractivity contribution >= 4 is 13.8 Å². The third-order valence-electron chi connectivity index (χ3n) is 3.32. The quantitative estimate of drug-likeness (QED) is 0.828. The summed E-state index contributed by atoms with van der Waals surface area (Å²) in [5.74, 6) is -0.730. The van der Waals surface area contributed by atoms with E-state index in [1.807, 2.05) is 44.2 Å². The molecule has 1 amide bonds. The molecule has 1 heterocycles. The van der Waals surface area contributed by atoms with Gasteiger partial charge in [-0.15, -0.1) is 0 Å². The molecule has 1 fully saturated rings. The molecule has 0 saturated carbocycles. The van der Waals surface area contributed by atoms with Crippen molar-refractivity contribution in [3.8, 4) is 0 Å². The van der Waals surface area contributed by atoms with Crippen LogP contribution in [0.1, 0.15) is 32.1 Å². The van der Waals surface area contributed by atoms with Crippen LogP contribution in [0, 0.1) is 5.92 Å². The highest BCUT2D eigenvalue weighted by atomic mass is 31.2. The van der Waals surface area contributed by atoms with E-state index in [0.29, 0.717) is 6.61 Å². The number of rotatable bonds is 4. The summed E-state index contributed by atoms with van der Waals surface area (Å²) in [7, 11) is -3.17. The smallest absolute Gasteiger partial charge is 0.244 e. The van der Waals surface area contributed by atoms with Crippen molar-refractivity contribution in [2.45, 2.75) is 32.6 Å². The second-order valence-electron chi connectivity index (χ2n) is 5.19. The fraction of sp³-hybridized carbons (Fsp3) is 0.500. The van der Waals surface area contributed by atoms with Gasteiger partial charge in [0.15, 0.2) is 7.87 Å². The van der Waals surface area contributed by atoms with Crippen molar-refractivity contribution in [2.75, 3.05) is 6.61 Å². The van der Waals surface area contributed by atoms with Gasteiger partial charge in [0.1, 0.15) is 6.04 Å². The highest BCUT2D eigenvalue weighted by molar-refractivity contribution is 7.62. The number of benzene rings is 1. The van der Waals surface area contributed by atoms with Gasteiger partial charge >= 0.3 is 0 Å². The Labute approximate surface area is 120 Å². The first kappa shape index (κ1) is 15.4. The maximum absolute atomic E-state index is 13.1. The lowest BCUT2D eigenvalue weighted by Crippen LogP contribution is -2.57. The summed E-state index contributed by atoms with van der Waals surface area (Å²) in [4.78, 5) is 25.2. The van der Waals surface area contributed by atoms with Crippen LogP contribution in [0.5, 0.6) is 0 Å². The molecule has 1 aromatic rings. The second kappa shape index (κ2) is 6.19. The fourth-order valence-corrected chi connectivity index (χ4v) is 4.73. The van der Waals surface area contributed by atoms with Gasteiger partial charge in [-0.25, -0.2) is 4.52 Å². The summed E-state index contributed by atoms with van der Waals surface area (Å²) in [6, 6.07) is 8.78. The Bertz CT molecular complexity index is 469. The topological polar surface area (TPSA) is 73.4 Å². The van der Waals surface area contributed by atoms with E-state index in [2.05, 4.69) is 10.4 Å². The van der Waals surface area contributed by atoms with E-state index in [9.17, 15) is 9.69 Å². The van der Waals surface area contributed by atoms with E-state index >= 15 is 0 Å². The lowest BCUT2D eigenvalue weighted by atomic mass is 10.0. The minimum absolute atomic E-state index is 0.0421. The van der Waals surface area contributed by atoms with Gasteiger partial charge in [0.25, 0.3) is 0 Å². The first-order valence-corrected chi connectivity index (χ1v) is 8.54. The van der Waals surface area contributed by atoms with Crippen LogP contribution in [0.3, 0.4) is 0 Å². The summed E-state index contributed by atoms with van der Waals surface area (Å²) in [5, 5.41) is 5.80. The molecule has 110 valence electrons. The Balaban J connectivity index is 2.33. The maximum Gasteiger partial charge on any atom is 0.244 e. The van der Waals surface area contributed by atoms with Crippen LogP contribution in [-0.4, -0.2) is 18.6 Å². The zero-order valence-corrected chi connectivity index (χ0v) is 12.9. The zero-order valence-electron chi connectivity index (χ0n) is 12.0. The van der Waals surface area contributed by atoms with Crippen molar-refractivity contribution in [3.05, 3.63) is 35.9 Å². The second-order valence-corrected chi connectivity index (χ2v) is 7.41. The average molecular weight is 296 g/mol. The Kier molecular flexibility index (Phi) is 4.76. The van der Waals surface area contributed by atoms with Gasteiger partial charge in [-0.3, -0.25) is 4.79 Å². The molecule has 6 heteroatoms. The van der Waals surface area contributed by atoms with E-state index < -0.39 is 19.7 Å². The molecule has 0 bridgehead atoms. The summed E-state index contributed by atoms with van der Waals surface area (Å²) < 4.78 is 5.50. The largest absolute Gasteiger partial charge is 0.639 e. The third-order valence-corrected chi connectivity index (χ3v) is 5.71. The van der Waals surface area contributed by atoms with Crippen LogP contribution >= 0.6 is 7.87 Å². The van der Waals surface area contributed by atoms with Crippen molar-refractivity contribution in [2.24, 2.45) is 5.92 Å². The first-order chi connectivity index (χ1) is 9.48. The minimum atomic E-state index is -3.17. The molecular formula is C14H21N2O3P. The molecule has 20 heavy (non-hydrogen) atoms. The van der Waals surface area contributed by atoms with Crippen LogP contribution in [-0.2, 0) is 9.32 Å². The van der Waals surface area contributed by atoms with E-state index in [4.69, 9.17) is 4.52 Å². The van der Waals surface area contributed by atoms with Crippen molar-refractivity contribution in [1.29, 1.82) is 0 Å². The molecule has 0 spiro atoms. The molecule has 5 nitrogen and oxygen atoms in total. The summed E-state index contributed by atoms with van der Waals surface area (Å²) in [6.45, 7) is 5.95. The third kappa shape index (κ3) is 3.01. The zero-order chi connectivity index (χ0) is 14.8. The molecule has 1 aliphatic rings. The summed E-state index contributed by atoms with van der Waals surface area (Å²) in [6.07, 6.45) is 0. The molecule has 0 radical (unpaired) electrons. The lowest BCUT2D eigenvalue weighted by molar-refractivity contribution is -0.203. The van der Waals surface area contributed by atoms with E-state index in [1.165, 1.54) is 0 Å². The molecule has 2 N–H and O–H groups in total. The van der Waals surface area contributed by atoms with Gasteiger partial charge in [-0.1, -0.05) is 44.2 Å². The van der Waals surface area contributed by atoms with E-state index in [0.717, 1.165) is 5.56 Å². The van der Waals surface area contributed by atoms with Crippen molar-refractivity contribution in [1.82, 2.24) is 10.4 Å². The Morgan fingerprint density at radius 2 is 2.00 bits per heavy atom. The molecule has 2 rings (SSSR count). The maximum atomic E-state index is 13.1.